The van der Waals surface area contributed by atoms with Crippen LogP contribution in [0.2, 0.25) is 0 Å². The van der Waals surface area contributed by atoms with Crippen LogP contribution in [0.25, 0.3) is 0 Å². The quantitative estimate of drug-likeness (QED) is 0.436. The second-order valence-electron chi connectivity index (χ2n) is 2.59. The van der Waals surface area contributed by atoms with Crippen molar-refractivity contribution in [1.82, 2.24) is 0 Å². The number of fused-ring (bicyclic) bond motifs is 1. The summed E-state index contributed by atoms with van der Waals surface area (Å²) >= 11 is 0. The first-order valence-electron chi connectivity index (χ1n) is 3.42. The number of hydrogen-bond acceptors (Lipinski definition) is 4. The number of benzene rings is 1. The third-order valence-corrected chi connectivity index (χ3v) is 1.72. The van der Waals surface area contributed by atoms with Crippen molar-refractivity contribution in [2.45, 2.75) is 6.42 Å². The fraction of sp³-hybridized carbons (Fsp3) is 0.125. The average Bonchev–Trinajstić information content (AvgIpc) is 2.29. The average molecular weight is 166 g/mol. The Morgan fingerprint density at radius 1 is 1.33 bits per heavy atom. The Kier molecular flexibility index (Phi) is 1.24. The summed E-state index contributed by atoms with van der Waals surface area (Å²) in [6, 6.07) is 2.49. The lowest BCUT2D eigenvalue weighted by Crippen LogP contribution is -2.00. The molecule has 1 aromatic carbocycles. The van der Waals surface area contributed by atoms with Crippen LogP contribution in [0.15, 0.2) is 12.1 Å². The van der Waals surface area contributed by atoms with E-state index in [-0.39, 0.29) is 23.7 Å². The fourth-order valence-corrected chi connectivity index (χ4v) is 1.19. The van der Waals surface area contributed by atoms with Gasteiger partial charge < -0.3 is 14.9 Å². The Hall–Kier alpha value is -1.71. The van der Waals surface area contributed by atoms with E-state index in [2.05, 4.69) is 0 Å². The molecule has 4 nitrogen and oxygen atoms in total. The van der Waals surface area contributed by atoms with Crippen molar-refractivity contribution in [2.24, 2.45) is 0 Å². The van der Waals surface area contributed by atoms with E-state index in [1.807, 2.05) is 0 Å². The predicted molar refractivity (Wildman–Crippen MR) is 39.1 cm³/mol. The van der Waals surface area contributed by atoms with Crippen LogP contribution in [0.4, 0.5) is 0 Å². The van der Waals surface area contributed by atoms with E-state index in [4.69, 9.17) is 9.84 Å². The van der Waals surface area contributed by atoms with Gasteiger partial charge in [-0.15, -0.1) is 0 Å². The highest BCUT2D eigenvalue weighted by Crippen LogP contribution is 2.36. The van der Waals surface area contributed by atoms with Crippen molar-refractivity contribution in [3.8, 4) is 17.2 Å². The molecule has 12 heavy (non-hydrogen) atoms. The Labute approximate surface area is 68.0 Å². The molecule has 0 aliphatic carbocycles. The number of hydrogen-bond donors (Lipinski definition) is 2. The maximum atomic E-state index is 10.7. The zero-order valence-corrected chi connectivity index (χ0v) is 6.07. The summed E-state index contributed by atoms with van der Waals surface area (Å²) < 4.78 is 4.71. The van der Waals surface area contributed by atoms with Gasteiger partial charge in [-0.05, 0) is 0 Å². The lowest BCUT2D eigenvalue weighted by molar-refractivity contribution is -0.131. The topological polar surface area (TPSA) is 66.8 Å². The molecule has 2 rings (SSSR count). The number of phenols is 2. The molecule has 0 bridgehead atoms. The highest BCUT2D eigenvalue weighted by atomic mass is 16.5. The van der Waals surface area contributed by atoms with E-state index in [0.29, 0.717) is 5.56 Å². The molecule has 0 fully saturated rings. The molecule has 1 heterocycles. The summed E-state index contributed by atoms with van der Waals surface area (Å²) in [5.74, 6) is -0.375. The van der Waals surface area contributed by atoms with Crippen LogP contribution in [0.3, 0.4) is 0 Å². The van der Waals surface area contributed by atoms with Crippen LogP contribution in [0, 0.1) is 0 Å². The molecule has 0 saturated heterocycles. The predicted octanol–water partition coefficient (Wildman–Crippen LogP) is 0.559. The van der Waals surface area contributed by atoms with Crippen molar-refractivity contribution in [1.29, 1.82) is 0 Å². The SMILES string of the molecule is O=C1Cc2c(O)cc(O)cc2O1. The molecule has 4 heteroatoms. The molecule has 0 spiro atoms. The van der Waals surface area contributed by atoms with Gasteiger partial charge in [0.15, 0.2) is 0 Å². The Morgan fingerprint density at radius 3 is 2.83 bits per heavy atom. The maximum absolute atomic E-state index is 10.7. The molecule has 0 atom stereocenters. The maximum Gasteiger partial charge on any atom is 0.315 e. The van der Waals surface area contributed by atoms with Crippen LogP contribution >= 0.6 is 0 Å². The van der Waals surface area contributed by atoms with Crippen molar-refractivity contribution in [2.75, 3.05) is 0 Å². The van der Waals surface area contributed by atoms with E-state index in [1.165, 1.54) is 12.1 Å². The van der Waals surface area contributed by atoms with Crippen LogP contribution in [-0.4, -0.2) is 16.2 Å². The Balaban J connectivity index is 2.59. The molecule has 1 aromatic rings. The molecule has 0 saturated carbocycles. The summed E-state index contributed by atoms with van der Waals surface area (Å²) in [5, 5.41) is 18.2. The number of phenolic OH excluding ortho intramolecular Hbond substituents is 2. The first-order chi connectivity index (χ1) is 5.66. The van der Waals surface area contributed by atoms with E-state index in [0.717, 1.165) is 0 Å². The summed E-state index contributed by atoms with van der Waals surface area (Å²) in [4.78, 5) is 10.7. The van der Waals surface area contributed by atoms with E-state index in [1.54, 1.807) is 0 Å². The highest BCUT2D eigenvalue weighted by molar-refractivity contribution is 5.82. The molecule has 0 radical (unpaired) electrons. The van der Waals surface area contributed by atoms with Crippen molar-refractivity contribution in [3.05, 3.63) is 17.7 Å². The lowest BCUT2D eigenvalue weighted by Gasteiger charge is -1.99. The number of ether oxygens (including phenoxy) is 1. The highest BCUT2D eigenvalue weighted by Gasteiger charge is 2.24. The minimum Gasteiger partial charge on any atom is -0.508 e. The zero-order valence-electron chi connectivity index (χ0n) is 6.07. The summed E-state index contributed by atoms with van der Waals surface area (Å²) in [6.07, 6.45) is 0.0709. The fourth-order valence-electron chi connectivity index (χ4n) is 1.19. The molecule has 62 valence electrons. The van der Waals surface area contributed by atoms with E-state index >= 15 is 0 Å². The molecular formula is C8H6O4. The second-order valence-corrected chi connectivity index (χ2v) is 2.59. The molecule has 1 aliphatic rings. The second kappa shape index (κ2) is 2.14. The van der Waals surface area contributed by atoms with Gasteiger partial charge >= 0.3 is 5.97 Å². The first kappa shape index (κ1) is 6.97. The van der Waals surface area contributed by atoms with Gasteiger partial charge in [0.2, 0.25) is 0 Å². The molecule has 0 unspecified atom stereocenters. The summed E-state index contributed by atoms with van der Waals surface area (Å²) in [6.45, 7) is 0. The van der Waals surface area contributed by atoms with Crippen molar-refractivity contribution >= 4 is 5.97 Å². The molecule has 2 N–H and O–H groups in total. The molecule has 1 aliphatic heterocycles. The third kappa shape index (κ3) is 0.887. The largest absolute Gasteiger partial charge is 0.508 e. The van der Waals surface area contributed by atoms with Gasteiger partial charge in [0.05, 0.1) is 6.42 Å². The van der Waals surface area contributed by atoms with E-state index in [9.17, 15) is 9.90 Å². The van der Waals surface area contributed by atoms with E-state index < -0.39 is 5.97 Å². The summed E-state index contributed by atoms with van der Waals surface area (Å²) in [7, 11) is 0. The minimum absolute atomic E-state index is 0.0709. The molecular weight excluding hydrogens is 160 g/mol. The van der Waals surface area contributed by atoms with Gasteiger partial charge in [-0.2, -0.15) is 0 Å². The van der Waals surface area contributed by atoms with Gasteiger partial charge in [-0.25, -0.2) is 0 Å². The van der Waals surface area contributed by atoms with Gasteiger partial charge in [0, 0.05) is 17.7 Å². The van der Waals surface area contributed by atoms with Crippen LogP contribution in [0.1, 0.15) is 5.56 Å². The van der Waals surface area contributed by atoms with Gasteiger partial charge in [0.25, 0.3) is 0 Å². The number of rotatable bonds is 0. The van der Waals surface area contributed by atoms with Gasteiger partial charge in [-0.3, -0.25) is 4.79 Å². The molecule has 0 amide bonds. The summed E-state index contributed by atoms with van der Waals surface area (Å²) in [5.41, 5.74) is 0.442. The van der Waals surface area contributed by atoms with Crippen LogP contribution in [0.5, 0.6) is 17.2 Å². The van der Waals surface area contributed by atoms with Crippen LogP contribution in [-0.2, 0) is 11.2 Å². The van der Waals surface area contributed by atoms with Gasteiger partial charge in [0.1, 0.15) is 17.2 Å². The standard InChI is InChI=1S/C8H6O4/c9-4-1-6(10)5-3-8(11)12-7(5)2-4/h1-2,9-10H,3H2. The van der Waals surface area contributed by atoms with Crippen LogP contribution < -0.4 is 4.74 Å². The normalized spacial score (nSPS) is 14.2. The zero-order chi connectivity index (χ0) is 8.72. The number of esters is 1. The molecule has 0 aromatic heterocycles. The Bertz CT molecular complexity index is 356. The van der Waals surface area contributed by atoms with Crippen molar-refractivity contribution < 1.29 is 19.7 Å². The number of aromatic hydroxyl groups is 2. The number of carbonyl (C=O) groups is 1. The Morgan fingerprint density at radius 2 is 2.08 bits per heavy atom. The third-order valence-electron chi connectivity index (χ3n) is 1.72. The smallest absolute Gasteiger partial charge is 0.315 e. The monoisotopic (exact) mass is 166 g/mol. The van der Waals surface area contributed by atoms with Gasteiger partial charge in [-0.1, -0.05) is 0 Å². The minimum atomic E-state index is -0.411. The number of carbonyl (C=O) groups excluding carboxylic acids is 1. The first-order valence-corrected chi connectivity index (χ1v) is 3.42. The lowest BCUT2D eigenvalue weighted by atomic mass is 10.1. The van der Waals surface area contributed by atoms with Crippen molar-refractivity contribution in [3.63, 3.8) is 0 Å².